The summed E-state index contributed by atoms with van der Waals surface area (Å²) in [4.78, 5) is 19.7. The van der Waals surface area contributed by atoms with Gasteiger partial charge in [-0.15, -0.1) is 11.3 Å². The fourth-order valence-corrected chi connectivity index (χ4v) is 5.24. The molecule has 0 fully saturated rings. The van der Waals surface area contributed by atoms with Crippen LogP contribution in [0.3, 0.4) is 0 Å². The zero-order valence-corrected chi connectivity index (χ0v) is 18.3. The Morgan fingerprint density at radius 3 is 3.00 bits per heavy atom. The Labute approximate surface area is 179 Å². The van der Waals surface area contributed by atoms with E-state index in [1.807, 2.05) is 26.0 Å². The molecule has 0 saturated heterocycles. The van der Waals surface area contributed by atoms with Crippen molar-refractivity contribution < 1.29 is 9.13 Å². The molecule has 5 nitrogen and oxygen atoms in total. The molecule has 0 saturated carbocycles. The van der Waals surface area contributed by atoms with Crippen molar-refractivity contribution in [3.63, 3.8) is 0 Å². The van der Waals surface area contributed by atoms with E-state index in [4.69, 9.17) is 4.74 Å². The molecule has 0 aliphatic heterocycles. The standard InChI is InChI=1S/C23H28FN3O2S/c1-15(2)29-11-5-10-27-14-26-22-21(23(27)28)18-9-8-17(12-20(18)30-22)25-13-16-6-3-4-7-19(16)24/h3-4,6-7,14-15,17,25H,5,8-13H2,1-2H3. The van der Waals surface area contributed by atoms with Crippen LogP contribution in [0, 0.1) is 5.82 Å². The van der Waals surface area contributed by atoms with Gasteiger partial charge in [0.05, 0.1) is 17.8 Å². The van der Waals surface area contributed by atoms with Gasteiger partial charge in [0.25, 0.3) is 5.56 Å². The highest BCUT2D eigenvalue weighted by molar-refractivity contribution is 7.18. The molecular weight excluding hydrogens is 401 g/mol. The molecule has 7 heteroatoms. The van der Waals surface area contributed by atoms with E-state index >= 15 is 0 Å². The number of fused-ring (bicyclic) bond motifs is 3. The second-order valence-electron chi connectivity index (χ2n) is 8.11. The van der Waals surface area contributed by atoms with Crippen molar-refractivity contribution in [3.8, 4) is 0 Å². The second-order valence-corrected chi connectivity index (χ2v) is 9.20. The molecule has 1 unspecified atom stereocenters. The Morgan fingerprint density at radius 2 is 2.20 bits per heavy atom. The molecule has 30 heavy (non-hydrogen) atoms. The minimum atomic E-state index is -0.174. The van der Waals surface area contributed by atoms with E-state index in [9.17, 15) is 9.18 Å². The number of nitrogens with zero attached hydrogens (tertiary/aromatic N) is 2. The lowest BCUT2D eigenvalue weighted by Crippen LogP contribution is -2.34. The fourth-order valence-electron chi connectivity index (χ4n) is 3.98. The predicted molar refractivity (Wildman–Crippen MR) is 119 cm³/mol. The molecule has 1 aromatic carbocycles. The lowest BCUT2D eigenvalue weighted by molar-refractivity contribution is 0.0747. The highest BCUT2D eigenvalue weighted by Gasteiger charge is 2.25. The third kappa shape index (κ3) is 4.63. The summed E-state index contributed by atoms with van der Waals surface area (Å²) in [6.07, 6.45) is 5.29. The summed E-state index contributed by atoms with van der Waals surface area (Å²) in [5, 5.41) is 4.27. The molecule has 0 amide bonds. The number of ether oxygens (including phenoxy) is 1. The van der Waals surface area contributed by atoms with Crippen LogP contribution in [-0.4, -0.2) is 28.3 Å². The lowest BCUT2D eigenvalue weighted by Gasteiger charge is -2.23. The number of aryl methyl sites for hydroxylation is 2. The summed E-state index contributed by atoms with van der Waals surface area (Å²) in [7, 11) is 0. The number of aromatic nitrogens is 2. The van der Waals surface area contributed by atoms with Gasteiger partial charge in [0.15, 0.2) is 0 Å². The van der Waals surface area contributed by atoms with E-state index in [1.165, 1.54) is 10.9 Å². The number of halogens is 1. The molecule has 1 N–H and O–H groups in total. The number of hydrogen-bond donors (Lipinski definition) is 1. The quantitative estimate of drug-likeness (QED) is 0.549. The molecule has 3 aromatic rings. The molecule has 0 spiro atoms. The first-order valence-electron chi connectivity index (χ1n) is 10.6. The van der Waals surface area contributed by atoms with Gasteiger partial charge in [-0.05, 0) is 51.2 Å². The zero-order valence-electron chi connectivity index (χ0n) is 17.5. The Kier molecular flexibility index (Phi) is 6.61. The number of thiophene rings is 1. The van der Waals surface area contributed by atoms with Crippen LogP contribution in [0.4, 0.5) is 4.39 Å². The average Bonchev–Trinajstić information content (AvgIpc) is 3.10. The largest absolute Gasteiger partial charge is 0.379 e. The number of rotatable bonds is 8. The maximum atomic E-state index is 13.9. The minimum absolute atomic E-state index is 0.0554. The summed E-state index contributed by atoms with van der Waals surface area (Å²) in [5.41, 5.74) is 1.90. The Hall–Kier alpha value is -2.09. The zero-order chi connectivity index (χ0) is 21.1. The summed E-state index contributed by atoms with van der Waals surface area (Å²) in [5.74, 6) is -0.174. The smallest absolute Gasteiger partial charge is 0.262 e. The van der Waals surface area contributed by atoms with Gasteiger partial charge in [0.1, 0.15) is 10.6 Å². The highest BCUT2D eigenvalue weighted by atomic mass is 32.1. The van der Waals surface area contributed by atoms with Crippen LogP contribution in [0.2, 0.25) is 0 Å². The summed E-state index contributed by atoms with van der Waals surface area (Å²) < 4.78 is 21.2. The van der Waals surface area contributed by atoms with Crippen LogP contribution in [-0.2, 0) is 30.7 Å². The molecular formula is C23H28FN3O2S. The van der Waals surface area contributed by atoms with Crippen LogP contribution >= 0.6 is 11.3 Å². The molecule has 0 radical (unpaired) electrons. The number of hydrogen-bond acceptors (Lipinski definition) is 5. The first-order chi connectivity index (χ1) is 14.5. The molecule has 1 atom stereocenters. The van der Waals surface area contributed by atoms with E-state index in [-0.39, 0.29) is 23.5 Å². The molecule has 2 aromatic heterocycles. The van der Waals surface area contributed by atoms with Gasteiger partial charge in [0.2, 0.25) is 0 Å². The Morgan fingerprint density at radius 1 is 1.37 bits per heavy atom. The van der Waals surface area contributed by atoms with Gasteiger partial charge in [-0.2, -0.15) is 0 Å². The van der Waals surface area contributed by atoms with Gasteiger partial charge in [-0.25, -0.2) is 9.37 Å². The molecule has 160 valence electrons. The van der Waals surface area contributed by atoms with Gasteiger partial charge < -0.3 is 10.1 Å². The maximum absolute atomic E-state index is 13.9. The van der Waals surface area contributed by atoms with Gasteiger partial charge in [-0.1, -0.05) is 18.2 Å². The van der Waals surface area contributed by atoms with Crippen molar-refractivity contribution in [2.45, 2.75) is 64.8 Å². The predicted octanol–water partition coefficient (Wildman–Crippen LogP) is 4.06. The molecule has 2 heterocycles. The van der Waals surface area contributed by atoms with Gasteiger partial charge in [0, 0.05) is 36.2 Å². The topological polar surface area (TPSA) is 56.2 Å². The number of nitrogens with one attached hydrogen (secondary N) is 1. The molecule has 0 bridgehead atoms. The summed E-state index contributed by atoms with van der Waals surface area (Å²) >= 11 is 1.62. The van der Waals surface area contributed by atoms with Crippen molar-refractivity contribution in [1.82, 2.24) is 14.9 Å². The van der Waals surface area contributed by atoms with Crippen molar-refractivity contribution in [1.29, 1.82) is 0 Å². The minimum Gasteiger partial charge on any atom is -0.379 e. The lowest BCUT2D eigenvalue weighted by atomic mass is 9.93. The third-order valence-corrected chi connectivity index (χ3v) is 6.73. The van der Waals surface area contributed by atoms with Gasteiger partial charge >= 0.3 is 0 Å². The van der Waals surface area contributed by atoms with Crippen molar-refractivity contribution >= 4 is 21.6 Å². The first kappa shape index (κ1) is 21.2. The maximum Gasteiger partial charge on any atom is 0.262 e. The van der Waals surface area contributed by atoms with Crippen LogP contribution in [0.25, 0.3) is 10.2 Å². The normalized spacial score (nSPS) is 16.3. The average molecular weight is 430 g/mol. The van der Waals surface area contributed by atoms with Crippen molar-refractivity contribution in [3.05, 3.63) is 62.8 Å². The van der Waals surface area contributed by atoms with E-state index in [2.05, 4.69) is 10.3 Å². The van der Waals surface area contributed by atoms with E-state index in [0.29, 0.717) is 25.3 Å². The number of benzene rings is 1. The second kappa shape index (κ2) is 9.37. The van der Waals surface area contributed by atoms with E-state index < -0.39 is 0 Å². The monoisotopic (exact) mass is 429 g/mol. The summed E-state index contributed by atoms with van der Waals surface area (Å²) in [6.45, 7) is 5.79. The SMILES string of the molecule is CC(C)OCCCn1cnc2sc3c(c2c1=O)CCC(NCc1ccccc1F)C3. The van der Waals surface area contributed by atoms with Crippen LogP contribution < -0.4 is 10.9 Å². The summed E-state index contributed by atoms with van der Waals surface area (Å²) in [6, 6.07) is 7.15. The van der Waals surface area contributed by atoms with Crippen LogP contribution in [0.15, 0.2) is 35.4 Å². The van der Waals surface area contributed by atoms with Gasteiger partial charge in [-0.3, -0.25) is 9.36 Å². The van der Waals surface area contributed by atoms with E-state index in [0.717, 1.165) is 41.5 Å². The fraction of sp³-hybridized carbons (Fsp3) is 0.478. The van der Waals surface area contributed by atoms with Crippen LogP contribution in [0.1, 0.15) is 42.7 Å². The van der Waals surface area contributed by atoms with Crippen molar-refractivity contribution in [2.75, 3.05) is 6.61 Å². The third-order valence-electron chi connectivity index (χ3n) is 5.57. The highest BCUT2D eigenvalue weighted by Crippen LogP contribution is 2.33. The van der Waals surface area contributed by atoms with E-state index in [1.54, 1.807) is 28.3 Å². The van der Waals surface area contributed by atoms with Crippen molar-refractivity contribution in [2.24, 2.45) is 0 Å². The molecule has 1 aliphatic carbocycles. The molecule has 1 aliphatic rings. The Balaban J connectivity index is 1.45. The Bertz CT molecular complexity index is 1080. The van der Waals surface area contributed by atoms with Crippen LogP contribution in [0.5, 0.6) is 0 Å². The molecule has 4 rings (SSSR count). The first-order valence-corrected chi connectivity index (χ1v) is 11.4.